The summed E-state index contributed by atoms with van der Waals surface area (Å²) in [6.45, 7) is 2.26. The van der Waals surface area contributed by atoms with Crippen LogP contribution in [0.25, 0.3) is 0 Å². The van der Waals surface area contributed by atoms with Gasteiger partial charge in [-0.15, -0.1) is 0 Å². The quantitative estimate of drug-likeness (QED) is 0.309. The molecule has 0 bridgehead atoms. The Morgan fingerprint density at radius 1 is 0.818 bits per heavy atom. The van der Waals surface area contributed by atoms with Crippen molar-refractivity contribution in [3.05, 3.63) is 0 Å². The lowest BCUT2D eigenvalue weighted by molar-refractivity contribution is -0.145. The molecule has 0 rings (SSSR count). The zero-order valence-corrected chi connectivity index (χ0v) is 15.1. The summed E-state index contributed by atoms with van der Waals surface area (Å²) in [6, 6.07) is 0. The molecule has 0 aromatic carbocycles. The van der Waals surface area contributed by atoms with Crippen molar-refractivity contribution in [2.45, 2.75) is 109 Å². The minimum Gasteiger partial charge on any atom is -0.479 e. The molecule has 1 unspecified atom stereocenters. The van der Waals surface area contributed by atoms with Crippen LogP contribution in [-0.2, 0) is 9.08 Å². The molecule has 132 valence electrons. The number of carboxylic acid groups (broad SMARTS) is 1. The van der Waals surface area contributed by atoms with E-state index in [0.29, 0.717) is 6.42 Å². The maximum atomic E-state index is 10.7. The number of carbonyl (C=O) groups is 1. The van der Waals surface area contributed by atoms with Gasteiger partial charge >= 0.3 is 5.97 Å². The van der Waals surface area contributed by atoms with E-state index in [4.69, 9.17) is 17.0 Å². The molecular formula is C18H35ClO3. The molecule has 0 amide bonds. The first kappa shape index (κ1) is 21.7. The fourth-order valence-corrected chi connectivity index (χ4v) is 2.90. The molecule has 0 aromatic heterocycles. The minimum absolute atomic E-state index is 0.511. The van der Waals surface area contributed by atoms with E-state index in [1.54, 1.807) is 0 Å². The van der Waals surface area contributed by atoms with Gasteiger partial charge in [0.05, 0.1) is 11.9 Å². The van der Waals surface area contributed by atoms with Gasteiger partial charge in [-0.2, -0.15) is 0 Å². The Morgan fingerprint density at radius 3 is 1.50 bits per heavy atom. The third-order valence-corrected chi connectivity index (χ3v) is 4.42. The highest BCUT2D eigenvalue weighted by Gasteiger charge is 2.16. The van der Waals surface area contributed by atoms with E-state index in [1.807, 2.05) is 0 Å². The van der Waals surface area contributed by atoms with Gasteiger partial charge in [0.15, 0.2) is 6.10 Å². The van der Waals surface area contributed by atoms with E-state index in [1.165, 1.54) is 77.0 Å². The lowest BCUT2D eigenvalue weighted by Crippen LogP contribution is -2.20. The Morgan fingerprint density at radius 2 is 1.18 bits per heavy atom. The van der Waals surface area contributed by atoms with Gasteiger partial charge in [-0.3, -0.25) is 4.29 Å². The van der Waals surface area contributed by atoms with Gasteiger partial charge in [0.1, 0.15) is 0 Å². The maximum absolute atomic E-state index is 10.7. The molecule has 3 nitrogen and oxygen atoms in total. The molecular weight excluding hydrogens is 300 g/mol. The third-order valence-electron chi connectivity index (χ3n) is 4.20. The molecule has 0 radical (unpaired) electrons. The average Bonchev–Trinajstić information content (AvgIpc) is 2.51. The number of aliphatic carboxylic acids is 1. The topological polar surface area (TPSA) is 46.5 Å². The summed E-state index contributed by atoms with van der Waals surface area (Å²) >= 11 is 5.14. The molecule has 0 aliphatic heterocycles. The molecule has 0 aliphatic rings. The Labute approximate surface area is 141 Å². The van der Waals surface area contributed by atoms with Crippen molar-refractivity contribution in [1.82, 2.24) is 0 Å². The van der Waals surface area contributed by atoms with Gasteiger partial charge in [0.25, 0.3) is 0 Å². The molecule has 0 fully saturated rings. The van der Waals surface area contributed by atoms with Crippen molar-refractivity contribution in [3.8, 4) is 0 Å². The Kier molecular flexibility index (Phi) is 16.9. The first-order chi connectivity index (χ1) is 10.7. The van der Waals surface area contributed by atoms with Crippen LogP contribution in [-0.4, -0.2) is 17.2 Å². The summed E-state index contributed by atoms with van der Waals surface area (Å²) in [5.41, 5.74) is 0. The predicted molar refractivity (Wildman–Crippen MR) is 93.3 cm³/mol. The van der Waals surface area contributed by atoms with Gasteiger partial charge in [-0.05, 0) is 6.42 Å². The van der Waals surface area contributed by atoms with Crippen LogP contribution in [0.5, 0.6) is 0 Å². The Hall–Kier alpha value is -0.280. The molecule has 0 spiro atoms. The summed E-state index contributed by atoms with van der Waals surface area (Å²) < 4.78 is 4.40. The Bertz CT molecular complexity index is 246. The first-order valence-electron chi connectivity index (χ1n) is 9.22. The van der Waals surface area contributed by atoms with E-state index in [9.17, 15) is 4.79 Å². The largest absolute Gasteiger partial charge is 0.479 e. The highest BCUT2D eigenvalue weighted by molar-refractivity contribution is 6.08. The first-order valence-corrected chi connectivity index (χ1v) is 9.53. The maximum Gasteiger partial charge on any atom is 0.334 e. The van der Waals surface area contributed by atoms with Gasteiger partial charge in [0, 0.05) is 0 Å². The molecule has 0 aliphatic carbocycles. The highest BCUT2D eigenvalue weighted by Crippen LogP contribution is 2.14. The number of rotatable bonds is 17. The lowest BCUT2D eigenvalue weighted by Gasteiger charge is -2.07. The second-order valence-electron chi connectivity index (χ2n) is 6.30. The van der Waals surface area contributed by atoms with Crippen molar-refractivity contribution in [3.63, 3.8) is 0 Å². The SMILES string of the molecule is CCCCCCCCCCCCCCCCC(OCl)C(=O)O. The van der Waals surface area contributed by atoms with Crippen molar-refractivity contribution >= 4 is 17.8 Å². The normalized spacial score (nSPS) is 12.5. The summed E-state index contributed by atoms with van der Waals surface area (Å²) in [6.07, 6.45) is 17.8. The van der Waals surface area contributed by atoms with Crippen LogP contribution < -0.4 is 0 Å². The fraction of sp³-hybridized carbons (Fsp3) is 0.944. The zero-order valence-electron chi connectivity index (χ0n) is 14.3. The molecule has 4 heteroatoms. The molecule has 22 heavy (non-hydrogen) atoms. The van der Waals surface area contributed by atoms with E-state index < -0.39 is 12.1 Å². The van der Waals surface area contributed by atoms with Crippen LogP contribution in [0.2, 0.25) is 0 Å². The van der Waals surface area contributed by atoms with Gasteiger partial charge in [-0.25, -0.2) is 4.79 Å². The molecule has 0 heterocycles. The molecule has 0 aromatic rings. The third kappa shape index (κ3) is 14.6. The van der Waals surface area contributed by atoms with Crippen LogP contribution >= 0.6 is 11.9 Å². The smallest absolute Gasteiger partial charge is 0.334 e. The van der Waals surface area contributed by atoms with Gasteiger partial charge in [-0.1, -0.05) is 96.8 Å². The molecule has 0 saturated heterocycles. The number of unbranched alkanes of at least 4 members (excludes halogenated alkanes) is 13. The van der Waals surface area contributed by atoms with E-state index in [2.05, 4.69) is 11.2 Å². The summed E-state index contributed by atoms with van der Waals surface area (Å²) in [5, 5.41) is 8.77. The zero-order chi connectivity index (χ0) is 16.5. The summed E-state index contributed by atoms with van der Waals surface area (Å²) in [5.74, 6) is -0.968. The number of hydrogen-bond donors (Lipinski definition) is 1. The van der Waals surface area contributed by atoms with Crippen molar-refractivity contribution < 1.29 is 14.2 Å². The van der Waals surface area contributed by atoms with Crippen LogP contribution in [0.15, 0.2) is 0 Å². The van der Waals surface area contributed by atoms with Crippen molar-refractivity contribution in [2.75, 3.05) is 0 Å². The van der Waals surface area contributed by atoms with Gasteiger partial charge < -0.3 is 5.11 Å². The van der Waals surface area contributed by atoms with Gasteiger partial charge in [0.2, 0.25) is 0 Å². The molecule has 1 atom stereocenters. The number of carboxylic acids is 1. The number of hydrogen-bond acceptors (Lipinski definition) is 2. The van der Waals surface area contributed by atoms with E-state index >= 15 is 0 Å². The van der Waals surface area contributed by atoms with Crippen molar-refractivity contribution in [1.29, 1.82) is 0 Å². The lowest BCUT2D eigenvalue weighted by atomic mass is 10.0. The second-order valence-corrected chi connectivity index (χ2v) is 6.48. The van der Waals surface area contributed by atoms with Crippen LogP contribution in [0, 0.1) is 0 Å². The van der Waals surface area contributed by atoms with Crippen LogP contribution in [0.3, 0.4) is 0 Å². The highest BCUT2D eigenvalue weighted by atomic mass is 35.5. The minimum atomic E-state index is -0.968. The molecule has 1 N–H and O–H groups in total. The van der Waals surface area contributed by atoms with Crippen LogP contribution in [0.1, 0.15) is 103 Å². The summed E-state index contributed by atoms with van der Waals surface area (Å²) in [4.78, 5) is 10.7. The Balaban J connectivity index is 3.13. The fourth-order valence-electron chi connectivity index (χ4n) is 2.73. The molecule has 0 saturated carbocycles. The van der Waals surface area contributed by atoms with E-state index in [-0.39, 0.29) is 0 Å². The van der Waals surface area contributed by atoms with Crippen LogP contribution in [0.4, 0.5) is 0 Å². The standard InChI is InChI=1S/C18H35ClO3/c1-2-3-4-5-6-7-8-9-10-11-12-13-14-15-16-17(22-19)18(20)21/h17H,2-16H2,1H3,(H,20,21). The summed E-state index contributed by atoms with van der Waals surface area (Å²) in [7, 11) is 0. The monoisotopic (exact) mass is 334 g/mol. The predicted octanol–water partition coefficient (Wildman–Crippen LogP) is 6.48. The van der Waals surface area contributed by atoms with Crippen molar-refractivity contribution in [2.24, 2.45) is 0 Å². The average molecular weight is 335 g/mol. The second kappa shape index (κ2) is 17.1. The number of halogens is 1. The van der Waals surface area contributed by atoms with E-state index in [0.717, 1.165) is 12.8 Å².